The highest BCUT2D eigenvalue weighted by atomic mass is 19.3. The Labute approximate surface area is 82.2 Å². The summed E-state index contributed by atoms with van der Waals surface area (Å²) in [6, 6.07) is -0.0615. The first-order valence-electron chi connectivity index (χ1n) is 4.76. The van der Waals surface area contributed by atoms with E-state index in [1.165, 1.54) is 7.11 Å². The number of hydrogen-bond donors (Lipinski definition) is 2. The molecular weight excluding hydrogens is 192 g/mol. The van der Waals surface area contributed by atoms with Crippen LogP contribution in [-0.4, -0.2) is 36.4 Å². The van der Waals surface area contributed by atoms with E-state index in [-0.39, 0.29) is 18.9 Å². The molecule has 0 radical (unpaired) electrons. The van der Waals surface area contributed by atoms with E-state index in [1.54, 1.807) is 0 Å². The fraction of sp³-hybridized carbons (Fsp3) is 1.00. The lowest BCUT2D eigenvalue weighted by Gasteiger charge is -2.40. The number of methoxy groups -OCH3 is 1. The smallest absolute Gasteiger partial charge is 0.298 e. The Morgan fingerprint density at radius 1 is 1.50 bits per heavy atom. The Morgan fingerprint density at radius 2 is 2.00 bits per heavy atom. The minimum Gasteiger partial charge on any atom is -0.384 e. The lowest BCUT2D eigenvalue weighted by molar-refractivity contribution is -0.217. The lowest BCUT2D eigenvalue weighted by Crippen LogP contribution is -2.54. The molecule has 0 saturated heterocycles. The monoisotopic (exact) mass is 209 g/mol. The molecule has 0 amide bonds. The van der Waals surface area contributed by atoms with Crippen molar-refractivity contribution < 1.29 is 18.6 Å². The summed E-state index contributed by atoms with van der Waals surface area (Å²) < 4.78 is 31.2. The van der Waals surface area contributed by atoms with E-state index in [0.717, 1.165) is 0 Å². The van der Waals surface area contributed by atoms with E-state index in [9.17, 15) is 13.9 Å². The van der Waals surface area contributed by atoms with Crippen molar-refractivity contribution in [2.75, 3.05) is 13.7 Å². The van der Waals surface area contributed by atoms with Crippen molar-refractivity contribution in [1.29, 1.82) is 0 Å². The first-order chi connectivity index (χ1) is 6.41. The predicted octanol–water partition coefficient (Wildman–Crippen LogP) is 0.901. The second-order valence-corrected chi connectivity index (χ2v) is 4.01. The molecule has 1 fully saturated rings. The van der Waals surface area contributed by atoms with Crippen molar-refractivity contribution in [2.24, 2.45) is 5.73 Å². The Balaban J connectivity index is 2.64. The van der Waals surface area contributed by atoms with Crippen molar-refractivity contribution >= 4 is 0 Å². The molecule has 0 bridgehead atoms. The number of ether oxygens (including phenoxy) is 1. The van der Waals surface area contributed by atoms with Crippen LogP contribution in [0.4, 0.5) is 8.78 Å². The van der Waals surface area contributed by atoms with Gasteiger partial charge in [0.1, 0.15) is 12.2 Å². The highest BCUT2D eigenvalue weighted by molar-refractivity contribution is 4.97. The molecule has 1 saturated carbocycles. The van der Waals surface area contributed by atoms with E-state index in [1.807, 2.05) is 0 Å². The SMILES string of the molecule is COCC(F)(F)C1(O)CCC(N)CC1. The molecule has 0 unspecified atom stereocenters. The van der Waals surface area contributed by atoms with Gasteiger partial charge in [-0.15, -0.1) is 0 Å². The normalized spacial score (nSPS) is 34.5. The van der Waals surface area contributed by atoms with Gasteiger partial charge in [0, 0.05) is 13.2 Å². The second-order valence-electron chi connectivity index (χ2n) is 4.01. The third-order valence-electron chi connectivity index (χ3n) is 2.86. The van der Waals surface area contributed by atoms with E-state index in [2.05, 4.69) is 4.74 Å². The number of rotatable bonds is 3. The standard InChI is InChI=1S/C9H17F2NO2/c1-14-6-9(10,11)8(13)4-2-7(12)3-5-8/h7,13H,2-6,12H2,1H3. The van der Waals surface area contributed by atoms with Crippen LogP contribution in [0.5, 0.6) is 0 Å². The quantitative estimate of drug-likeness (QED) is 0.726. The van der Waals surface area contributed by atoms with Gasteiger partial charge >= 0.3 is 0 Å². The van der Waals surface area contributed by atoms with Gasteiger partial charge in [-0.1, -0.05) is 0 Å². The van der Waals surface area contributed by atoms with Gasteiger partial charge < -0.3 is 15.6 Å². The Kier molecular flexibility index (Phi) is 3.44. The average Bonchev–Trinajstić information content (AvgIpc) is 2.10. The summed E-state index contributed by atoms with van der Waals surface area (Å²) in [7, 11) is 1.20. The highest BCUT2D eigenvalue weighted by Gasteiger charge is 2.53. The van der Waals surface area contributed by atoms with Crippen LogP contribution in [0.1, 0.15) is 25.7 Å². The summed E-state index contributed by atoms with van der Waals surface area (Å²) in [6.45, 7) is -0.737. The van der Waals surface area contributed by atoms with Crippen molar-refractivity contribution in [3.05, 3.63) is 0 Å². The third kappa shape index (κ3) is 2.21. The van der Waals surface area contributed by atoms with Crippen molar-refractivity contribution in [3.63, 3.8) is 0 Å². The van der Waals surface area contributed by atoms with Crippen LogP contribution in [0.25, 0.3) is 0 Å². The molecule has 0 spiro atoms. The second kappa shape index (κ2) is 4.08. The summed E-state index contributed by atoms with van der Waals surface area (Å²) in [6.07, 6.45) is 0.973. The number of hydrogen-bond acceptors (Lipinski definition) is 3. The molecule has 1 aliphatic carbocycles. The van der Waals surface area contributed by atoms with Gasteiger partial charge in [-0.05, 0) is 25.7 Å². The Morgan fingerprint density at radius 3 is 2.43 bits per heavy atom. The molecule has 1 aliphatic rings. The summed E-state index contributed by atoms with van der Waals surface area (Å²) in [5.41, 5.74) is 3.65. The summed E-state index contributed by atoms with van der Waals surface area (Å²) in [4.78, 5) is 0. The first-order valence-corrected chi connectivity index (χ1v) is 4.76. The van der Waals surface area contributed by atoms with Gasteiger partial charge in [-0.2, -0.15) is 0 Å². The van der Waals surface area contributed by atoms with E-state index in [4.69, 9.17) is 5.73 Å². The highest BCUT2D eigenvalue weighted by Crippen LogP contribution is 2.40. The van der Waals surface area contributed by atoms with Crippen LogP contribution in [0.15, 0.2) is 0 Å². The van der Waals surface area contributed by atoms with E-state index in [0.29, 0.717) is 12.8 Å². The fourth-order valence-electron chi connectivity index (χ4n) is 1.80. The van der Waals surface area contributed by atoms with E-state index < -0.39 is 18.1 Å². The minimum atomic E-state index is -3.18. The van der Waals surface area contributed by atoms with Crippen LogP contribution >= 0.6 is 0 Å². The zero-order valence-corrected chi connectivity index (χ0v) is 8.30. The Hall–Kier alpha value is -0.260. The van der Waals surface area contributed by atoms with Crippen LogP contribution in [-0.2, 0) is 4.74 Å². The molecular formula is C9H17F2NO2. The van der Waals surface area contributed by atoms with Gasteiger partial charge in [0.05, 0.1) is 0 Å². The number of aliphatic hydroxyl groups is 1. The molecule has 0 atom stereocenters. The fourth-order valence-corrected chi connectivity index (χ4v) is 1.80. The largest absolute Gasteiger partial charge is 0.384 e. The molecule has 5 heteroatoms. The number of halogens is 2. The molecule has 84 valence electrons. The molecule has 0 aromatic rings. The van der Waals surface area contributed by atoms with E-state index >= 15 is 0 Å². The van der Waals surface area contributed by atoms with Crippen LogP contribution < -0.4 is 5.73 Å². The molecule has 3 nitrogen and oxygen atoms in total. The molecule has 1 rings (SSSR count). The van der Waals surface area contributed by atoms with Crippen LogP contribution in [0.2, 0.25) is 0 Å². The molecule has 14 heavy (non-hydrogen) atoms. The van der Waals surface area contributed by atoms with Crippen molar-refractivity contribution in [1.82, 2.24) is 0 Å². The van der Waals surface area contributed by atoms with Gasteiger partial charge in [-0.25, -0.2) is 8.78 Å². The number of alkyl halides is 2. The minimum absolute atomic E-state index is 0.0462. The maximum atomic E-state index is 13.4. The summed E-state index contributed by atoms with van der Waals surface area (Å²) in [5, 5.41) is 9.76. The third-order valence-corrected chi connectivity index (χ3v) is 2.86. The van der Waals surface area contributed by atoms with Gasteiger partial charge in [0.15, 0.2) is 0 Å². The zero-order chi connectivity index (χ0) is 10.8. The van der Waals surface area contributed by atoms with Gasteiger partial charge in [0.25, 0.3) is 5.92 Å². The predicted molar refractivity (Wildman–Crippen MR) is 48.2 cm³/mol. The summed E-state index contributed by atoms with van der Waals surface area (Å²) >= 11 is 0. The van der Waals surface area contributed by atoms with Gasteiger partial charge in [0.2, 0.25) is 0 Å². The average molecular weight is 209 g/mol. The van der Waals surface area contributed by atoms with Crippen LogP contribution in [0, 0.1) is 0 Å². The number of nitrogens with two attached hydrogens (primary N) is 1. The maximum Gasteiger partial charge on any atom is 0.298 e. The molecule has 0 aliphatic heterocycles. The van der Waals surface area contributed by atoms with Gasteiger partial charge in [-0.3, -0.25) is 0 Å². The lowest BCUT2D eigenvalue weighted by atomic mass is 9.78. The molecule has 3 N–H and O–H groups in total. The maximum absolute atomic E-state index is 13.4. The zero-order valence-electron chi connectivity index (χ0n) is 8.30. The van der Waals surface area contributed by atoms with Crippen molar-refractivity contribution in [2.45, 2.75) is 43.2 Å². The molecule has 0 heterocycles. The Bertz CT molecular complexity index is 191. The first kappa shape index (κ1) is 11.8. The summed E-state index contributed by atoms with van der Waals surface area (Å²) in [5.74, 6) is -3.18. The van der Waals surface area contributed by atoms with Crippen molar-refractivity contribution in [3.8, 4) is 0 Å². The molecule has 0 aromatic heterocycles. The molecule has 0 aromatic carbocycles. The van der Waals surface area contributed by atoms with Crippen LogP contribution in [0.3, 0.4) is 0 Å². The topological polar surface area (TPSA) is 55.5 Å².